The van der Waals surface area contributed by atoms with Crippen molar-refractivity contribution in [1.29, 1.82) is 0 Å². The van der Waals surface area contributed by atoms with Crippen molar-refractivity contribution in [3.63, 3.8) is 0 Å². The Labute approximate surface area is 194 Å². The van der Waals surface area contributed by atoms with Gasteiger partial charge in [0.1, 0.15) is 11.5 Å². The fraction of sp³-hybridized carbons (Fsp3) is 0.0769. The van der Waals surface area contributed by atoms with Gasteiger partial charge in [0, 0.05) is 53.9 Å². The Bertz CT molecular complexity index is 1650. The lowest BCUT2D eigenvalue weighted by Crippen LogP contribution is -2.08. The monoisotopic (exact) mass is 449 g/mol. The fourth-order valence-electron chi connectivity index (χ4n) is 4.11. The fourth-order valence-corrected chi connectivity index (χ4v) is 4.11. The molecular weight excluding hydrogens is 429 g/mol. The molecule has 2 N–H and O–H groups in total. The Morgan fingerprint density at radius 1 is 0.794 bits per heavy atom. The van der Waals surface area contributed by atoms with E-state index < -0.39 is 0 Å². The molecular formula is C26H20FN7. The molecule has 166 valence electrons. The zero-order valence-electron chi connectivity index (χ0n) is 18.5. The van der Waals surface area contributed by atoms with E-state index in [9.17, 15) is 4.39 Å². The average Bonchev–Trinajstić information content (AvgIpc) is 3.48. The molecule has 6 rings (SSSR count). The first-order valence-corrected chi connectivity index (χ1v) is 10.8. The summed E-state index contributed by atoms with van der Waals surface area (Å²) in [4.78, 5) is 19.0. The minimum Gasteiger partial charge on any atom is -0.376 e. The highest BCUT2D eigenvalue weighted by atomic mass is 19.1. The van der Waals surface area contributed by atoms with Gasteiger partial charge in [0.15, 0.2) is 0 Å². The Morgan fingerprint density at radius 2 is 1.62 bits per heavy atom. The number of aromatic nitrogens is 6. The van der Waals surface area contributed by atoms with Crippen molar-refractivity contribution >= 4 is 27.5 Å². The summed E-state index contributed by atoms with van der Waals surface area (Å²) in [5, 5.41) is 9.53. The highest BCUT2D eigenvalue weighted by molar-refractivity contribution is 6.00. The molecule has 0 aliphatic rings. The van der Waals surface area contributed by atoms with Gasteiger partial charge in [-0.1, -0.05) is 0 Å². The number of fused-ring (bicyclic) bond motifs is 2. The Kier molecular flexibility index (Phi) is 4.58. The second-order valence-electron chi connectivity index (χ2n) is 8.32. The summed E-state index contributed by atoms with van der Waals surface area (Å²) in [7, 11) is 3.97. The van der Waals surface area contributed by atoms with E-state index in [1.807, 2.05) is 49.6 Å². The molecule has 0 aliphatic carbocycles. The van der Waals surface area contributed by atoms with Crippen molar-refractivity contribution in [3.8, 4) is 33.9 Å². The molecule has 0 fully saturated rings. The molecule has 6 aromatic rings. The molecule has 0 amide bonds. The number of hydrogen-bond acceptors (Lipinski definition) is 5. The third-order valence-corrected chi connectivity index (χ3v) is 5.90. The number of rotatable bonds is 4. The number of benzene rings is 1. The lowest BCUT2D eigenvalue weighted by atomic mass is 10.1. The van der Waals surface area contributed by atoms with Gasteiger partial charge in [0.05, 0.1) is 40.7 Å². The summed E-state index contributed by atoms with van der Waals surface area (Å²) < 4.78 is 13.4. The highest BCUT2D eigenvalue weighted by Gasteiger charge is 2.15. The van der Waals surface area contributed by atoms with Crippen LogP contribution in [0.1, 0.15) is 0 Å². The van der Waals surface area contributed by atoms with Crippen LogP contribution in [0.15, 0.2) is 73.3 Å². The van der Waals surface area contributed by atoms with E-state index in [2.05, 4.69) is 36.2 Å². The normalized spacial score (nSPS) is 11.4. The van der Waals surface area contributed by atoms with Crippen LogP contribution < -0.4 is 4.90 Å². The summed E-state index contributed by atoms with van der Waals surface area (Å²) in [6, 6.07) is 14.4. The molecule has 8 heteroatoms. The molecule has 0 bridgehead atoms. The largest absolute Gasteiger partial charge is 0.376 e. The van der Waals surface area contributed by atoms with Crippen LogP contribution in [-0.4, -0.2) is 44.2 Å². The van der Waals surface area contributed by atoms with Gasteiger partial charge in [-0.2, -0.15) is 5.10 Å². The van der Waals surface area contributed by atoms with Gasteiger partial charge in [-0.15, -0.1) is 0 Å². The van der Waals surface area contributed by atoms with E-state index in [1.165, 1.54) is 12.1 Å². The summed E-state index contributed by atoms with van der Waals surface area (Å²) in [5.74, 6) is -0.274. The van der Waals surface area contributed by atoms with Crippen LogP contribution in [-0.2, 0) is 0 Å². The van der Waals surface area contributed by atoms with Crippen LogP contribution in [0.2, 0.25) is 0 Å². The van der Waals surface area contributed by atoms with Gasteiger partial charge in [0.25, 0.3) is 0 Å². The number of nitrogens with one attached hydrogen (secondary N) is 2. The summed E-state index contributed by atoms with van der Waals surface area (Å²) >= 11 is 0. The number of aromatic amines is 2. The van der Waals surface area contributed by atoms with E-state index in [1.54, 1.807) is 24.5 Å². The van der Waals surface area contributed by atoms with Gasteiger partial charge in [0.2, 0.25) is 0 Å². The standard InChI is InChI=1S/C26H20FN7/c1-34(2)18-9-16(12-28-13-18)22-10-20-24(14-30-22)32-33-26(20)23-11-19-21(31-23)7-8-29-25(19)15-3-5-17(27)6-4-15/h3-14,31H,1-2H3,(H,32,33). The van der Waals surface area contributed by atoms with Crippen LogP contribution >= 0.6 is 0 Å². The van der Waals surface area contributed by atoms with Gasteiger partial charge < -0.3 is 9.88 Å². The van der Waals surface area contributed by atoms with Crippen LogP contribution in [0.25, 0.3) is 55.7 Å². The van der Waals surface area contributed by atoms with Crippen LogP contribution in [0, 0.1) is 5.82 Å². The molecule has 0 atom stereocenters. The summed E-state index contributed by atoms with van der Waals surface area (Å²) in [6.07, 6.45) is 7.17. The lowest BCUT2D eigenvalue weighted by Gasteiger charge is -2.12. The minimum atomic E-state index is -0.274. The lowest BCUT2D eigenvalue weighted by molar-refractivity contribution is 0.628. The first-order valence-electron chi connectivity index (χ1n) is 10.8. The molecule has 1 aromatic carbocycles. The van der Waals surface area contributed by atoms with Gasteiger partial charge in [-0.05, 0) is 48.5 Å². The van der Waals surface area contributed by atoms with Crippen molar-refractivity contribution in [3.05, 3.63) is 79.1 Å². The average molecular weight is 449 g/mol. The maximum Gasteiger partial charge on any atom is 0.123 e. The smallest absolute Gasteiger partial charge is 0.123 e. The van der Waals surface area contributed by atoms with Gasteiger partial charge in [-0.25, -0.2) is 4.39 Å². The third kappa shape index (κ3) is 3.36. The van der Waals surface area contributed by atoms with Crippen molar-refractivity contribution in [2.75, 3.05) is 19.0 Å². The van der Waals surface area contributed by atoms with Gasteiger partial charge in [-0.3, -0.25) is 20.1 Å². The van der Waals surface area contributed by atoms with Crippen molar-refractivity contribution in [2.45, 2.75) is 0 Å². The number of anilines is 1. The molecule has 0 saturated carbocycles. The van der Waals surface area contributed by atoms with E-state index >= 15 is 0 Å². The maximum atomic E-state index is 13.4. The molecule has 0 radical (unpaired) electrons. The molecule has 0 spiro atoms. The molecule has 5 heterocycles. The van der Waals surface area contributed by atoms with Crippen LogP contribution in [0.3, 0.4) is 0 Å². The number of hydrogen-bond donors (Lipinski definition) is 2. The topological polar surface area (TPSA) is 86.4 Å². The van der Waals surface area contributed by atoms with Crippen molar-refractivity contribution in [1.82, 2.24) is 30.1 Å². The van der Waals surface area contributed by atoms with E-state index in [4.69, 9.17) is 0 Å². The second-order valence-corrected chi connectivity index (χ2v) is 8.32. The molecule has 5 aromatic heterocycles. The number of nitrogens with zero attached hydrogens (tertiary/aromatic N) is 5. The number of pyridine rings is 3. The molecule has 0 aliphatic heterocycles. The highest BCUT2D eigenvalue weighted by Crippen LogP contribution is 2.34. The first-order chi connectivity index (χ1) is 16.6. The third-order valence-electron chi connectivity index (χ3n) is 5.90. The van der Waals surface area contributed by atoms with Crippen molar-refractivity contribution < 1.29 is 4.39 Å². The Hall–Kier alpha value is -4.59. The van der Waals surface area contributed by atoms with Gasteiger partial charge >= 0.3 is 0 Å². The second kappa shape index (κ2) is 7.77. The Balaban J connectivity index is 1.47. The molecule has 7 nitrogen and oxygen atoms in total. The summed E-state index contributed by atoms with van der Waals surface area (Å²) in [6.45, 7) is 0. The van der Waals surface area contributed by atoms with Crippen molar-refractivity contribution in [2.24, 2.45) is 0 Å². The zero-order chi connectivity index (χ0) is 23.2. The number of H-pyrrole nitrogens is 2. The summed E-state index contributed by atoms with van der Waals surface area (Å²) in [5.41, 5.74) is 7.80. The van der Waals surface area contributed by atoms with Crippen LogP contribution in [0.4, 0.5) is 10.1 Å². The first kappa shape index (κ1) is 20.0. The van der Waals surface area contributed by atoms with E-state index in [0.717, 1.165) is 61.4 Å². The van der Waals surface area contributed by atoms with E-state index in [0.29, 0.717) is 0 Å². The van der Waals surface area contributed by atoms with E-state index in [-0.39, 0.29) is 5.82 Å². The molecule has 0 saturated heterocycles. The maximum absolute atomic E-state index is 13.4. The Morgan fingerprint density at radius 3 is 2.44 bits per heavy atom. The zero-order valence-corrected chi connectivity index (χ0v) is 18.5. The SMILES string of the molecule is CN(C)c1cncc(-c2cc3c(-c4cc5c(-c6ccc(F)cc6)nccc5[nH]4)n[nH]c3cn2)c1. The molecule has 0 unspecified atom stereocenters. The number of halogens is 1. The molecule has 34 heavy (non-hydrogen) atoms. The minimum absolute atomic E-state index is 0.274. The quantitative estimate of drug-likeness (QED) is 0.375. The van der Waals surface area contributed by atoms with Crippen LogP contribution in [0.5, 0.6) is 0 Å². The predicted molar refractivity (Wildman–Crippen MR) is 132 cm³/mol. The predicted octanol–water partition coefficient (Wildman–Crippen LogP) is 5.44.